The Hall–Kier alpha value is -0.900. The van der Waals surface area contributed by atoms with Crippen molar-refractivity contribution < 1.29 is 4.74 Å². The second kappa shape index (κ2) is 6.47. The van der Waals surface area contributed by atoms with Gasteiger partial charge in [0.25, 0.3) is 0 Å². The molecule has 0 radical (unpaired) electrons. The summed E-state index contributed by atoms with van der Waals surface area (Å²) in [6.07, 6.45) is 6.06. The average molecular weight is 288 g/mol. The summed E-state index contributed by atoms with van der Waals surface area (Å²) in [6, 6.07) is 11.5. The number of likely N-dealkylation sites (N-methyl/N-ethyl adjacent to an activating group) is 1. The molecule has 2 N–H and O–H groups in total. The van der Waals surface area contributed by atoms with E-state index in [1.165, 1.54) is 31.2 Å². The average Bonchev–Trinajstić information content (AvgIpc) is 3.09. The fraction of sp³-hybridized carbons (Fsp3) is 0.667. The van der Waals surface area contributed by atoms with E-state index in [1.54, 1.807) is 0 Å². The fourth-order valence-corrected chi connectivity index (χ4v) is 4.13. The zero-order chi connectivity index (χ0) is 14.7. The van der Waals surface area contributed by atoms with Gasteiger partial charge in [-0.3, -0.25) is 4.90 Å². The normalized spacial score (nSPS) is 33.5. The van der Waals surface area contributed by atoms with Gasteiger partial charge in [-0.05, 0) is 50.6 Å². The van der Waals surface area contributed by atoms with Gasteiger partial charge in [-0.2, -0.15) is 0 Å². The standard InChI is InChI=1S/C18H28N2O/c1-20(17-9-12-21-13-17)18(14-19)10-7-16(8-11-18)15-5-3-2-4-6-15/h2-6,16-17H,7-14,19H2,1H3. The highest BCUT2D eigenvalue weighted by atomic mass is 16.5. The van der Waals surface area contributed by atoms with Gasteiger partial charge in [-0.15, -0.1) is 0 Å². The Balaban J connectivity index is 1.66. The van der Waals surface area contributed by atoms with Crippen LogP contribution < -0.4 is 5.73 Å². The lowest BCUT2D eigenvalue weighted by Gasteiger charge is -2.48. The van der Waals surface area contributed by atoms with Crippen LogP contribution in [0.4, 0.5) is 0 Å². The molecule has 0 aromatic heterocycles. The second-order valence-electron chi connectivity index (χ2n) is 6.74. The molecule has 1 aliphatic carbocycles. The highest BCUT2D eigenvalue weighted by Crippen LogP contribution is 2.41. The summed E-state index contributed by atoms with van der Waals surface area (Å²) >= 11 is 0. The van der Waals surface area contributed by atoms with E-state index in [-0.39, 0.29) is 5.54 Å². The Bertz CT molecular complexity index is 434. The molecule has 0 bridgehead atoms. The van der Waals surface area contributed by atoms with Crippen LogP contribution in [-0.2, 0) is 4.74 Å². The third-order valence-electron chi connectivity index (χ3n) is 5.77. The summed E-state index contributed by atoms with van der Waals surface area (Å²) in [5.74, 6) is 0.708. The van der Waals surface area contributed by atoms with Gasteiger partial charge in [0.1, 0.15) is 0 Å². The van der Waals surface area contributed by atoms with Gasteiger partial charge in [0.05, 0.1) is 6.61 Å². The zero-order valence-corrected chi connectivity index (χ0v) is 13.1. The van der Waals surface area contributed by atoms with Gasteiger partial charge in [-0.25, -0.2) is 0 Å². The fourth-order valence-electron chi connectivity index (χ4n) is 4.13. The number of ether oxygens (including phenoxy) is 1. The van der Waals surface area contributed by atoms with E-state index in [4.69, 9.17) is 10.5 Å². The molecule has 1 heterocycles. The number of hydrogen-bond acceptors (Lipinski definition) is 3. The maximum absolute atomic E-state index is 6.21. The zero-order valence-electron chi connectivity index (χ0n) is 13.1. The molecule has 2 fully saturated rings. The van der Waals surface area contributed by atoms with Crippen molar-refractivity contribution in [2.24, 2.45) is 5.73 Å². The maximum Gasteiger partial charge on any atom is 0.0622 e. The summed E-state index contributed by atoms with van der Waals surface area (Å²) < 4.78 is 5.57. The molecule has 116 valence electrons. The maximum atomic E-state index is 6.21. The molecule has 1 saturated heterocycles. The number of nitrogens with zero attached hydrogens (tertiary/aromatic N) is 1. The van der Waals surface area contributed by atoms with E-state index < -0.39 is 0 Å². The minimum Gasteiger partial charge on any atom is -0.380 e. The van der Waals surface area contributed by atoms with Crippen molar-refractivity contribution in [1.82, 2.24) is 4.90 Å². The highest BCUT2D eigenvalue weighted by Gasteiger charge is 2.41. The molecule has 3 rings (SSSR count). The number of rotatable bonds is 4. The predicted molar refractivity (Wildman–Crippen MR) is 86.4 cm³/mol. The molecular weight excluding hydrogens is 260 g/mol. The molecular formula is C18H28N2O. The molecule has 1 aromatic rings. The summed E-state index contributed by atoms with van der Waals surface area (Å²) in [7, 11) is 2.26. The third-order valence-corrected chi connectivity index (χ3v) is 5.77. The first kappa shape index (κ1) is 15.0. The summed E-state index contributed by atoms with van der Waals surface area (Å²) in [4.78, 5) is 2.54. The first-order valence-electron chi connectivity index (χ1n) is 8.31. The molecule has 1 unspecified atom stereocenters. The van der Waals surface area contributed by atoms with Gasteiger partial charge >= 0.3 is 0 Å². The molecule has 1 aromatic carbocycles. The Morgan fingerprint density at radius 1 is 1.19 bits per heavy atom. The predicted octanol–water partition coefficient (Wildman–Crippen LogP) is 2.76. The molecule has 0 spiro atoms. The van der Waals surface area contributed by atoms with Gasteiger partial charge in [-0.1, -0.05) is 30.3 Å². The van der Waals surface area contributed by atoms with Crippen LogP contribution in [0.15, 0.2) is 30.3 Å². The quantitative estimate of drug-likeness (QED) is 0.926. The molecule has 1 saturated carbocycles. The van der Waals surface area contributed by atoms with E-state index >= 15 is 0 Å². The van der Waals surface area contributed by atoms with E-state index in [0.717, 1.165) is 26.2 Å². The van der Waals surface area contributed by atoms with Gasteiger partial charge < -0.3 is 10.5 Å². The van der Waals surface area contributed by atoms with Crippen LogP contribution in [0.3, 0.4) is 0 Å². The lowest BCUT2D eigenvalue weighted by Crippen LogP contribution is -2.57. The Labute approximate surface area is 128 Å². The van der Waals surface area contributed by atoms with Crippen LogP contribution in [-0.4, -0.2) is 43.3 Å². The minimum atomic E-state index is 0.184. The van der Waals surface area contributed by atoms with Crippen molar-refractivity contribution in [2.75, 3.05) is 26.8 Å². The Kier molecular flexibility index (Phi) is 4.63. The number of nitrogens with two attached hydrogens (primary N) is 1. The summed E-state index contributed by atoms with van der Waals surface area (Å²) in [5.41, 5.74) is 7.89. The van der Waals surface area contributed by atoms with Crippen LogP contribution in [0.1, 0.15) is 43.6 Å². The van der Waals surface area contributed by atoms with Crippen molar-refractivity contribution in [2.45, 2.75) is 49.6 Å². The van der Waals surface area contributed by atoms with E-state index in [0.29, 0.717) is 12.0 Å². The second-order valence-corrected chi connectivity index (χ2v) is 6.74. The van der Waals surface area contributed by atoms with E-state index in [1.807, 2.05) is 0 Å². The molecule has 0 amide bonds. The summed E-state index contributed by atoms with van der Waals surface area (Å²) in [5, 5.41) is 0. The smallest absolute Gasteiger partial charge is 0.0622 e. The van der Waals surface area contributed by atoms with E-state index in [9.17, 15) is 0 Å². The Morgan fingerprint density at radius 2 is 1.90 bits per heavy atom. The van der Waals surface area contributed by atoms with Crippen LogP contribution in [0.5, 0.6) is 0 Å². The number of hydrogen-bond donors (Lipinski definition) is 1. The molecule has 1 atom stereocenters. The largest absolute Gasteiger partial charge is 0.380 e. The lowest BCUT2D eigenvalue weighted by molar-refractivity contribution is 0.0330. The van der Waals surface area contributed by atoms with Crippen molar-refractivity contribution in [3.05, 3.63) is 35.9 Å². The van der Waals surface area contributed by atoms with E-state index in [2.05, 4.69) is 42.3 Å². The monoisotopic (exact) mass is 288 g/mol. The van der Waals surface area contributed by atoms with Crippen molar-refractivity contribution >= 4 is 0 Å². The molecule has 1 aliphatic heterocycles. The topological polar surface area (TPSA) is 38.5 Å². The van der Waals surface area contributed by atoms with Crippen molar-refractivity contribution in [3.63, 3.8) is 0 Å². The first-order chi connectivity index (χ1) is 10.2. The van der Waals surface area contributed by atoms with Gasteiger partial charge in [0, 0.05) is 24.7 Å². The highest BCUT2D eigenvalue weighted by molar-refractivity contribution is 5.20. The molecule has 2 aliphatic rings. The van der Waals surface area contributed by atoms with Gasteiger partial charge in [0.15, 0.2) is 0 Å². The Morgan fingerprint density at radius 3 is 2.48 bits per heavy atom. The molecule has 3 nitrogen and oxygen atoms in total. The van der Waals surface area contributed by atoms with Crippen LogP contribution in [0.2, 0.25) is 0 Å². The molecule has 3 heteroatoms. The number of benzene rings is 1. The van der Waals surface area contributed by atoms with Crippen LogP contribution in [0.25, 0.3) is 0 Å². The van der Waals surface area contributed by atoms with Crippen LogP contribution in [0, 0.1) is 0 Å². The lowest BCUT2D eigenvalue weighted by atomic mass is 9.73. The third kappa shape index (κ3) is 3.01. The molecule has 21 heavy (non-hydrogen) atoms. The minimum absolute atomic E-state index is 0.184. The SMILES string of the molecule is CN(C1CCOC1)C1(CN)CCC(c2ccccc2)CC1. The first-order valence-corrected chi connectivity index (χ1v) is 8.31. The van der Waals surface area contributed by atoms with Crippen molar-refractivity contribution in [3.8, 4) is 0 Å². The van der Waals surface area contributed by atoms with Gasteiger partial charge in [0.2, 0.25) is 0 Å². The van der Waals surface area contributed by atoms with Crippen molar-refractivity contribution in [1.29, 1.82) is 0 Å². The summed E-state index contributed by atoms with van der Waals surface area (Å²) in [6.45, 7) is 2.55. The van der Waals surface area contributed by atoms with Crippen LogP contribution >= 0.6 is 0 Å².